The predicted molar refractivity (Wildman–Crippen MR) is 78.9 cm³/mol. The molecular weight excluding hydrogens is 311 g/mol. The molecule has 0 aliphatic heterocycles. The Hall–Kier alpha value is -1.91. The van der Waals surface area contributed by atoms with Crippen LogP contribution in [0.2, 0.25) is 0 Å². The molecule has 0 spiro atoms. The van der Waals surface area contributed by atoms with Gasteiger partial charge >= 0.3 is 5.97 Å². The summed E-state index contributed by atoms with van der Waals surface area (Å²) in [6, 6.07) is 6.50. The first kappa shape index (κ1) is 15.5. The van der Waals surface area contributed by atoms with Crippen molar-refractivity contribution in [3.63, 3.8) is 0 Å². The van der Waals surface area contributed by atoms with Gasteiger partial charge < -0.3 is 5.11 Å². The zero-order valence-corrected chi connectivity index (χ0v) is 12.7. The molecule has 1 N–H and O–H groups in total. The van der Waals surface area contributed by atoms with Crippen molar-refractivity contribution < 1.29 is 14.3 Å². The van der Waals surface area contributed by atoms with Crippen LogP contribution < -0.4 is 0 Å². The molecule has 1 aromatic heterocycles. The number of carboxylic acids is 1. The minimum absolute atomic E-state index is 0.0231. The molecule has 0 amide bonds. The molecule has 2 aromatic rings. The molecule has 0 radical (unpaired) electrons. The van der Waals surface area contributed by atoms with E-state index in [1.54, 1.807) is 25.1 Å². The van der Waals surface area contributed by atoms with Gasteiger partial charge in [0.15, 0.2) is 4.34 Å². The third-order valence-corrected chi connectivity index (χ3v) is 5.08. The Balaban J connectivity index is 2.10. The Morgan fingerprint density at radius 3 is 3.00 bits per heavy atom. The van der Waals surface area contributed by atoms with Crippen LogP contribution >= 0.6 is 23.1 Å². The Bertz CT molecular complexity index is 722. The predicted octanol–water partition coefficient (Wildman–Crippen LogP) is 3.38. The summed E-state index contributed by atoms with van der Waals surface area (Å²) in [6.07, 6.45) is -0.0532. The van der Waals surface area contributed by atoms with E-state index in [9.17, 15) is 9.18 Å². The second kappa shape index (κ2) is 6.70. The van der Waals surface area contributed by atoms with E-state index in [2.05, 4.69) is 4.98 Å². The number of carboxylic acid groups (broad SMARTS) is 1. The zero-order valence-electron chi connectivity index (χ0n) is 11.1. The topological polar surface area (TPSA) is 74.0 Å². The largest absolute Gasteiger partial charge is 0.481 e. The highest BCUT2D eigenvalue weighted by Crippen LogP contribution is 2.30. The van der Waals surface area contributed by atoms with Crippen LogP contribution in [0.4, 0.5) is 4.39 Å². The van der Waals surface area contributed by atoms with E-state index in [4.69, 9.17) is 10.4 Å². The minimum Gasteiger partial charge on any atom is -0.481 e. The number of rotatable bonds is 5. The lowest BCUT2D eigenvalue weighted by atomic mass is 10.1. The quantitative estimate of drug-likeness (QED) is 0.854. The molecule has 0 saturated heterocycles. The second-order valence-electron chi connectivity index (χ2n) is 4.24. The second-order valence-corrected chi connectivity index (χ2v) is 6.54. The SMILES string of the molecule is Cc1nc(SCc2cccc(C#N)c2F)sc1CC(=O)O. The molecule has 0 atom stereocenters. The molecule has 0 bridgehead atoms. The van der Waals surface area contributed by atoms with E-state index in [1.807, 2.05) is 0 Å². The van der Waals surface area contributed by atoms with Crippen LogP contribution in [0.1, 0.15) is 21.7 Å². The summed E-state index contributed by atoms with van der Waals surface area (Å²) in [6.45, 7) is 1.76. The van der Waals surface area contributed by atoms with E-state index in [1.165, 1.54) is 29.2 Å². The highest BCUT2D eigenvalue weighted by Gasteiger charge is 2.13. The molecule has 0 fully saturated rings. The highest BCUT2D eigenvalue weighted by atomic mass is 32.2. The summed E-state index contributed by atoms with van der Waals surface area (Å²) in [5.74, 6) is -1.06. The molecule has 0 aliphatic carbocycles. The van der Waals surface area contributed by atoms with Gasteiger partial charge in [-0.05, 0) is 18.6 Å². The summed E-state index contributed by atoms with van der Waals surface area (Å²) in [5, 5.41) is 17.6. The number of aromatic nitrogens is 1. The van der Waals surface area contributed by atoms with Crippen molar-refractivity contribution in [1.29, 1.82) is 5.26 Å². The van der Waals surface area contributed by atoms with Gasteiger partial charge in [-0.1, -0.05) is 23.9 Å². The molecule has 0 aliphatic rings. The molecule has 0 unspecified atom stereocenters. The maximum atomic E-state index is 13.9. The number of thiazole rings is 1. The Labute approximate surface area is 129 Å². The number of hydrogen-bond acceptors (Lipinski definition) is 5. The first-order valence-corrected chi connectivity index (χ1v) is 7.80. The van der Waals surface area contributed by atoms with Crippen LogP contribution in [0, 0.1) is 24.1 Å². The van der Waals surface area contributed by atoms with Crippen LogP contribution in [0.25, 0.3) is 0 Å². The van der Waals surface area contributed by atoms with E-state index in [0.29, 0.717) is 26.2 Å². The standard InChI is InChI=1S/C14H11FN2O2S2/c1-8-11(5-12(18)19)21-14(17-8)20-7-10-4-2-3-9(6-16)13(10)15/h2-4H,5,7H2,1H3,(H,18,19). The molecule has 0 saturated carbocycles. The molecule has 1 heterocycles. The van der Waals surface area contributed by atoms with Crippen LogP contribution in [0.15, 0.2) is 22.5 Å². The van der Waals surface area contributed by atoms with Crippen molar-refractivity contribution in [1.82, 2.24) is 4.98 Å². The number of carbonyl (C=O) groups is 1. The van der Waals surface area contributed by atoms with Crippen molar-refractivity contribution in [3.8, 4) is 6.07 Å². The smallest absolute Gasteiger partial charge is 0.308 e. The number of nitrogens with zero attached hydrogens (tertiary/aromatic N) is 2. The third-order valence-electron chi connectivity index (χ3n) is 2.74. The van der Waals surface area contributed by atoms with Crippen LogP contribution in [0.3, 0.4) is 0 Å². The number of aliphatic carboxylic acids is 1. The molecule has 2 rings (SSSR count). The van der Waals surface area contributed by atoms with Gasteiger partial charge in [0.1, 0.15) is 11.9 Å². The van der Waals surface area contributed by atoms with Gasteiger partial charge in [-0.15, -0.1) is 11.3 Å². The fraction of sp³-hybridized carbons (Fsp3) is 0.214. The van der Waals surface area contributed by atoms with Crippen molar-refractivity contribution in [2.75, 3.05) is 0 Å². The zero-order chi connectivity index (χ0) is 15.4. The molecule has 7 heteroatoms. The summed E-state index contributed by atoms with van der Waals surface area (Å²) < 4.78 is 14.6. The van der Waals surface area contributed by atoms with Gasteiger partial charge in [-0.2, -0.15) is 5.26 Å². The Morgan fingerprint density at radius 2 is 2.33 bits per heavy atom. The van der Waals surface area contributed by atoms with Crippen LogP contribution in [-0.2, 0) is 17.0 Å². The van der Waals surface area contributed by atoms with Crippen LogP contribution in [0.5, 0.6) is 0 Å². The summed E-state index contributed by atoms with van der Waals surface area (Å²) in [5.41, 5.74) is 1.15. The highest BCUT2D eigenvalue weighted by molar-refractivity contribution is 8.00. The number of benzene rings is 1. The maximum Gasteiger partial charge on any atom is 0.308 e. The van der Waals surface area contributed by atoms with Gasteiger partial charge in [0.2, 0.25) is 0 Å². The van der Waals surface area contributed by atoms with Gasteiger partial charge in [-0.3, -0.25) is 4.79 Å². The molecule has 4 nitrogen and oxygen atoms in total. The normalized spacial score (nSPS) is 10.3. The first-order valence-electron chi connectivity index (χ1n) is 5.99. The van der Waals surface area contributed by atoms with Crippen molar-refractivity contribution >= 4 is 29.1 Å². The number of hydrogen-bond donors (Lipinski definition) is 1. The fourth-order valence-corrected chi connectivity index (χ4v) is 3.88. The number of thioether (sulfide) groups is 1. The summed E-state index contributed by atoms with van der Waals surface area (Å²) in [7, 11) is 0. The lowest BCUT2D eigenvalue weighted by Gasteiger charge is -2.02. The minimum atomic E-state index is -0.897. The van der Waals surface area contributed by atoms with Crippen molar-refractivity contribution in [2.24, 2.45) is 0 Å². The maximum absolute atomic E-state index is 13.9. The average molecular weight is 322 g/mol. The monoisotopic (exact) mass is 322 g/mol. The fourth-order valence-electron chi connectivity index (χ4n) is 1.68. The summed E-state index contributed by atoms with van der Waals surface area (Å²) >= 11 is 2.64. The summed E-state index contributed by atoms with van der Waals surface area (Å²) in [4.78, 5) is 15.7. The molecule has 108 valence electrons. The third kappa shape index (κ3) is 3.80. The van der Waals surface area contributed by atoms with Crippen molar-refractivity contribution in [2.45, 2.75) is 23.4 Å². The lowest BCUT2D eigenvalue weighted by molar-refractivity contribution is -0.136. The number of aryl methyl sites for hydroxylation is 1. The first-order chi connectivity index (χ1) is 10.0. The molecule has 21 heavy (non-hydrogen) atoms. The number of halogens is 1. The Morgan fingerprint density at radius 1 is 1.57 bits per heavy atom. The average Bonchev–Trinajstić information content (AvgIpc) is 2.77. The van der Waals surface area contributed by atoms with Gasteiger partial charge in [0, 0.05) is 10.6 Å². The van der Waals surface area contributed by atoms with Crippen molar-refractivity contribution in [3.05, 3.63) is 45.7 Å². The van der Waals surface area contributed by atoms with Gasteiger partial charge in [-0.25, -0.2) is 9.37 Å². The van der Waals surface area contributed by atoms with Crippen LogP contribution in [-0.4, -0.2) is 16.1 Å². The molecule has 1 aromatic carbocycles. The van der Waals surface area contributed by atoms with E-state index >= 15 is 0 Å². The lowest BCUT2D eigenvalue weighted by Crippen LogP contribution is -1.99. The van der Waals surface area contributed by atoms with E-state index in [-0.39, 0.29) is 12.0 Å². The number of nitriles is 1. The molecular formula is C14H11FN2O2S2. The Kier molecular flexibility index (Phi) is 4.94. The van der Waals surface area contributed by atoms with Gasteiger partial charge in [0.05, 0.1) is 17.7 Å². The van der Waals surface area contributed by atoms with Gasteiger partial charge in [0.25, 0.3) is 0 Å². The van der Waals surface area contributed by atoms with E-state index < -0.39 is 11.8 Å². The van der Waals surface area contributed by atoms with E-state index in [0.717, 1.165) is 0 Å².